The fourth-order valence-electron chi connectivity index (χ4n) is 3.01. The van der Waals surface area contributed by atoms with E-state index in [0.29, 0.717) is 37.4 Å². The van der Waals surface area contributed by atoms with Crippen LogP contribution in [0.1, 0.15) is 30.0 Å². The van der Waals surface area contributed by atoms with E-state index >= 15 is 0 Å². The number of hydrogen-bond acceptors (Lipinski definition) is 5. The molecule has 0 radical (unpaired) electrons. The molecule has 1 N–H and O–H groups in total. The molecule has 1 heterocycles. The van der Waals surface area contributed by atoms with Gasteiger partial charge in [-0.05, 0) is 43.9 Å². The van der Waals surface area contributed by atoms with Crippen molar-refractivity contribution < 1.29 is 19.4 Å². The quantitative estimate of drug-likeness (QED) is 0.536. The average Bonchev–Trinajstić information content (AvgIpc) is 2.85. The first-order valence-electron chi connectivity index (χ1n) is 9.00. The van der Waals surface area contributed by atoms with Crippen molar-refractivity contribution in [2.24, 2.45) is 0 Å². The van der Waals surface area contributed by atoms with Gasteiger partial charge in [0.25, 0.3) is 11.8 Å². The molecule has 142 valence electrons. The number of carbonyl (C=O) groups is 2. The molecular formula is C20H28N2O4. The van der Waals surface area contributed by atoms with E-state index in [9.17, 15) is 14.7 Å². The van der Waals surface area contributed by atoms with Gasteiger partial charge in [0.1, 0.15) is 5.70 Å². The maximum absolute atomic E-state index is 13.0. The predicted molar refractivity (Wildman–Crippen MR) is 100 cm³/mol. The summed E-state index contributed by atoms with van der Waals surface area (Å²) in [7, 11) is 1.72. The van der Waals surface area contributed by atoms with E-state index in [-0.39, 0.29) is 25.0 Å². The van der Waals surface area contributed by atoms with Gasteiger partial charge in [0.15, 0.2) is 0 Å². The van der Waals surface area contributed by atoms with Crippen molar-refractivity contribution in [1.82, 2.24) is 9.80 Å². The van der Waals surface area contributed by atoms with Crippen LogP contribution in [-0.2, 0) is 14.3 Å². The number of rotatable bonds is 9. The van der Waals surface area contributed by atoms with Crippen LogP contribution in [0.15, 0.2) is 23.9 Å². The van der Waals surface area contributed by atoms with Gasteiger partial charge < -0.3 is 14.7 Å². The number of benzene rings is 1. The SMILES string of the molecule is CCOCCCN1C(=O)C(c2ccc(C)c(C)c2)=C(N(C)CCO)C1=O. The Morgan fingerprint density at radius 2 is 1.88 bits per heavy atom. The first-order chi connectivity index (χ1) is 12.4. The highest BCUT2D eigenvalue weighted by atomic mass is 16.5. The largest absolute Gasteiger partial charge is 0.395 e. The van der Waals surface area contributed by atoms with E-state index in [0.717, 1.165) is 16.7 Å². The number of aryl methyl sites for hydroxylation is 2. The molecule has 0 unspecified atom stereocenters. The zero-order chi connectivity index (χ0) is 19.3. The summed E-state index contributed by atoms with van der Waals surface area (Å²) in [6, 6.07) is 5.77. The molecule has 2 amide bonds. The Kier molecular flexibility index (Phi) is 6.94. The van der Waals surface area contributed by atoms with E-state index in [2.05, 4.69) is 0 Å². The van der Waals surface area contributed by atoms with Crippen molar-refractivity contribution in [1.29, 1.82) is 0 Å². The lowest BCUT2D eigenvalue weighted by Gasteiger charge is -2.20. The molecule has 0 aliphatic carbocycles. The number of carbonyl (C=O) groups excluding carboxylic acids is 2. The molecule has 0 atom stereocenters. The number of hydrogen-bond donors (Lipinski definition) is 1. The van der Waals surface area contributed by atoms with Crippen LogP contribution in [0.25, 0.3) is 5.57 Å². The number of ether oxygens (including phenoxy) is 1. The zero-order valence-corrected chi connectivity index (χ0v) is 16.0. The van der Waals surface area contributed by atoms with Gasteiger partial charge in [0.2, 0.25) is 0 Å². The lowest BCUT2D eigenvalue weighted by molar-refractivity contribution is -0.137. The molecule has 0 saturated heterocycles. The summed E-state index contributed by atoms with van der Waals surface area (Å²) in [5, 5.41) is 9.26. The summed E-state index contributed by atoms with van der Waals surface area (Å²) < 4.78 is 5.31. The van der Waals surface area contributed by atoms with Gasteiger partial charge in [0.05, 0.1) is 12.2 Å². The Morgan fingerprint density at radius 1 is 1.15 bits per heavy atom. The Hall–Kier alpha value is -2.18. The lowest BCUT2D eigenvalue weighted by Crippen LogP contribution is -2.36. The van der Waals surface area contributed by atoms with E-state index in [1.165, 1.54) is 4.90 Å². The monoisotopic (exact) mass is 360 g/mol. The molecule has 1 aliphatic rings. The van der Waals surface area contributed by atoms with Crippen molar-refractivity contribution in [3.8, 4) is 0 Å². The summed E-state index contributed by atoms with van der Waals surface area (Å²) in [6.07, 6.45) is 0.600. The number of likely N-dealkylation sites (N-methyl/N-ethyl adjacent to an activating group) is 1. The van der Waals surface area contributed by atoms with Crippen LogP contribution in [0.3, 0.4) is 0 Å². The fraction of sp³-hybridized carbons (Fsp3) is 0.500. The van der Waals surface area contributed by atoms with Gasteiger partial charge in [-0.25, -0.2) is 0 Å². The molecule has 0 aromatic heterocycles. The van der Waals surface area contributed by atoms with Crippen molar-refractivity contribution in [3.63, 3.8) is 0 Å². The predicted octanol–water partition coefficient (Wildman–Crippen LogP) is 1.73. The van der Waals surface area contributed by atoms with Gasteiger partial charge in [-0.3, -0.25) is 14.5 Å². The maximum Gasteiger partial charge on any atom is 0.277 e. The molecule has 1 aromatic rings. The first-order valence-corrected chi connectivity index (χ1v) is 9.00. The van der Waals surface area contributed by atoms with Crippen LogP contribution in [0.4, 0.5) is 0 Å². The molecule has 1 aliphatic heterocycles. The molecular weight excluding hydrogens is 332 g/mol. The van der Waals surface area contributed by atoms with Crippen molar-refractivity contribution in [2.45, 2.75) is 27.2 Å². The molecule has 1 aromatic carbocycles. The Labute approximate surface area is 155 Å². The Morgan fingerprint density at radius 3 is 2.50 bits per heavy atom. The highest BCUT2D eigenvalue weighted by Gasteiger charge is 2.40. The van der Waals surface area contributed by atoms with E-state index in [1.54, 1.807) is 11.9 Å². The van der Waals surface area contributed by atoms with Crippen LogP contribution in [0, 0.1) is 13.8 Å². The lowest BCUT2D eigenvalue weighted by atomic mass is 9.99. The van der Waals surface area contributed by atoms with Crippen molar-refractivity contribution in [3.05, 3.63) is 40.6 Å². The highest BCUT2D eigenvalue weighted by Crippen LogP contribution is 2.32. The minimum Gasteiger partial charge on any atom is -0.395 e. The van der Waals surface area contributed by atoms with Crippen LogP contribution in [-0.4, -0.2) is 66.7 Å². The van der Waals surface area contributed by atoms with E-state index in [1.807, 2.05) is 39.0 Å². The van der Waals surface area contributed by atoms with Gasteiger partial charge in [-0.15, -0.1) is 0 Å². The maximum atomic E-state index is 13.0. The molecule has 26 heavy (non-hydrogen) atoms. The number of nitrogens with zero attached hydrogens (tertiary/aromatic N) is 2. The van der Waals surface area contributed by atoms with Crippen LogP contribution >= 0.6 is 0 Å². The number of imide groups is 1. The van der Waals surface area contributed by atoms with Gasteiger partial charge >= 0.3 is 0 Å². The smallest absolute Gasteiger partial charge is 0.277 e. The van der Waals surface area contributed by atoms with Gasteiger partial charge in [0, 0.05) is 33.4 Å². The van der Waals surface area contributed by atoms with Crippen LogP contribution in [0.5, 0.6) is 0 Å². The summed E-state index contributed by atoms with van der Waals surface area (Å²) in [6.45, 7) is 7.54. The average molecular weight is 360 g/mol. The van der Waals surface area contributed by atoms with Crippen LogP contribution in [0.2, 0.25) is 0 Å². The molecule has 6 heteroatoms. The van der Waals surface area contributed by atoms with Gasteiger partial charge in [-0.1, -0.05) is 18.2 Å². The molecule has 0 saturated carbocycles. The van der Waals surface area contributed by atoms with E-state index in [4.69, 9.17) is 4.74 Å². The molecule has 6 nitrogen and oxygen atoms in total. The minimum atomic E-state index is -0.310. The topological polar surface area (TPSA) is 70.1 Å². The third-order valence-corrected chi connectivity index (χ3v) is 4.63. The summed E-state index contributed by atoms with van der Waals surface area (Å²) in [5.41, 5.74) is 3.69. The first kappa shape index (κ1) is 20.1. The fourth-order valence-corrected chi connectivity index (χ4v) is 3.01. The van der Waals surface area contributed by atoms with Crippen molar-refractivity contribution in [2.75, 3.05) is 40.0 Å². The normalized spacial score (nSPS) is 14.6. The minimum absolute atomic E-state index is 0.0913. The van der Waals surface area contributed by atoms with Crippen LogP contribution < -0.4 is 0 Å². The number of amides is 2. The highest BCUT2D eigenvalue weighted by molar-refractivity contribution is 6.35. The Bertz CT molecular complexity index is 712. The standard InChI is InChI=1S/C20H28N2O4/c1-5-26-12-6-9-22-19(24)17(16-8-7-14(2)15(3)13-16)18(20(22)25)21(4)10-11-23/h7-8,13,23H,5-6,9-12H2,1-4H3. The van der Waals surface area contributed by atoms with E-state index < -0.39 is 0 Å². The summed E-state index contributed by atoms with van der Waals surface area (Å²) >= 11 is 0. The Balaban J connectivity index is 2.38. The second-order valence-corrected chi connectivity index (χ2v) is 6.48. The van der Waals surface area contributed by atoms with Crippen molar-refractivity contribution >= 4 is 17.4 Å². The summed E-state index contributed by atoms with van der Waals surface area (Å²) in [4.78, 5) is 28.9. The number of aliphatic hydroxyl groups is 1. The summed E-state index contributed by atoms with van der Waals surface area (Å²) in [5.74, 6) is -0.592. The molecule has 2 rings (SSSR count). The third-order valence-electron chi connectivity index (χ3n) is 4.63. The number of aliphatic hydroxyl groups excluding tert-OH is 1. The van der Waals surface area contributed by atoms with Gasteiger partial charge in [-0.2, -0.15) is 0 Å². The molecule has 0 spiro atoms. The second kappa shape index (κ2) is 8.96. The second-order valence-electron chi connectivity index (χ2n) is 6.48. The molecule has 0 fully saturated rings. The molecule has 0 bridgehead atoms. The third kappa shape index (κ3) is 4.14. The zero-order valence-electron chi connectivity index (χ0n) is 16.0.